The number of alkyl halides is 3. The van der Waals surface area contributed by atoms with Crippen molar-refractivity contribution in [3.8, 4) is 17.6 Å². The zero-order valence-corrected chi connectivity index (χ0v) is 19.6. The minimum atomic E-state index is -4.77. The van der Waals surface area contributed by atoms with E-state index in [9.17, 15) is 33.3 Å². The van der Waals surface area contributed by atoms with Crippen LogP contribution >= 0.6 is 11.6 Å². The number of halogens is 4. The Morgan fingerprint density at radius 3 is 2.44 bits per heavy atom. The van der Waals surface area contributed by atoms with Crippen LogP contribution in [-0.4, -0.2) is 10.8 Å². The second-order valence-corrected chi connectivity index (χ2v) is 8.01. The molecule has 0 unspecified atom stereocenters. The maximum absolute atomic E-state index is 12.9. The predicted molar refractivity (Wildman–Crippen MR) is 128 cm³/mol. The van der Waals surface area contributed by atoms with Crippen LogP contribution in [0.1, 0.15) is 22.3 Å². The van der Waals surface area contributed by atoms with Crippen molar-refractivity contribution >= 4 is 35.0 Å². The molecule has 0 saturated heterocycles. The highest BCUT2D eigenvalue weighted by molar-refractivity contribution is 6.32. The van der Waals surface area contributed by atoms with Crippen LogP contribution in [-0.2, 0) is 11.0 Å². The van der Waals surface area contributed by atoms with Crippen molar-refractivity contribution in [1.29, 1.82) is 5.26 Å². The van der Waals surface area contributed by atoms with Crippen molar-refractivity contribution in [3.63, 3.8) is 0 Å². The van der Waals surface area contributed by atoms with Gasteiger partial charge in [-0.2, -0.15) is 18.4 Å². The van der Waals surface area contributed by atoms with E-state index >= 15 is 0 Å². The molecule has 0 bridgehead atoms. The van der Waals surface area contributed by atoms with E-state index < -0.39 is 34.0 Å². The Morgan fingerprint density at radius 2 is 1.83 bits per heavy atom. The number of hydrogen-bond acceptors (Lipinski definition) is 5. The summed E-state index contributed by atoms with van der Waals surface area (Å²) in [6.45, 7) is 3.72. The molecule has 0 aliphatic heterocycles. The van der Waals surface area contributed by atoms with Crippen molar-refractivity contribution in [2.24, 2.45) is 0 Å². The molecular formula is C25H17ClF3N3O4. The Kier molecular flexibility index (Phi) is 7.65. The molecule has 0 saturated carbocycles. The number of nitriles is 1. The summed E-state index contributed by atoms with van der Waals surface area (Å²) in [4.78, 5) is 22.9. The molecule has 0 heterocycles. The minimum absolute atomic E-state index is 0.0508. The van der Waals surface area contributed by atoms with Gasteiger partial charge >= 0.3 is 11.9 Å². The van der Waals surface area contributed by atoms with Crippen molar-refractivity contribution in [2.75, 3.05) is 5.32 Å². The Bertz CT molecular complexity index is 1430. The van der Waals surface area contributed by atoms with Gasteiger partial charge in [0.25, 0.3) is 5.91 Å². The summed E-state index contributed by atoms with van der Waals surface area (Å²) in [5, 5.41) is 23.4. The van der Waals surface area contributed by atoms with Crippen molar-refractivity contribution in [1.82, 2.24) is 0 Å². The SMILES string of the molecule is Cc1cccc(NC(=O)C(C#N)=Cc2ccc(Oc3ccc(C(F)(F)F)cc3[N+](=O)[O-])c(Cl)c2)c1C. The maximum Gasteiger partial charge on any atom is 0.416 e. The number of aryl methyl sites for hydroxylation is 1. The number of ether oxygens (including phenoxy) is 1. The first-order valence-electron chi connectivity index (χ1n) is 10.2. The number of anilines is 1. The highest BCUT2D eigenvalue weighted by Crippen LogP contribution is 2.39. The standard InChI is InChI=1S/C25H17ClF3N3O4/c1-14-4-3-5-20(15(14)2)31-24(33)17(13-30)10-16-6-8-22(19(26)11-16)36-23-9-7-18(25(27,28)29)12-21(23)32(34)35/h3-12H,1-2H3,(H,31,33). The van der Waals surface area contributed by atoms with Crippen LogP contribution in [0, 0.1) is 35.3 Å². The number of amides is 1. The van der Waals surface area contributed by atoms with E-state index in [1.165, 1.54) is 24.3 Å². The number of hydrogen-bond donors (Lipinski definition) is 1. The molecule has 0 aromatic heterocycles. The molecule has 3 aromatic carbocycles. The smallest absolute Gasteiger partial charge is 0.416 e. The highest BCUT2D eigenvalue weighted by atomic mass is 35.5. The highest BCUT2D eigenvalue weighted by Gasteiger charge is 2.33. The fraction of sp³-hybridized carbons (Fsp3) is 0.120. The van der Waals surface area contributed by atoms with Gasteiger partial charge in [0.2, 0.25) is 5.75 Å². The molecular weight excluding hydrogens is 499 g/mol. The number of carbonyl (C=O) groups is 1. The molecule has 0 radical (unpaired) electrons. The fourth-order valence-electron chi connectivity index (χ4n) is 3.12. The normalized spacial score (nSPS) is 11.5. The van der Waals surface area contributed by atoms with E-state index in [1.54, 1.807) is 12.1 Å². The van der Waals surface area contributed by atoms with Gasteiger partial charge < -0.3 is 10.1 Å². The minimum Gasteiger partial charge on any atom is -0.449 e. The molecule has 11 heteroatoms. The summed E-state index contributed by atoms with van der Waals surface area (Å²) >= 11 is 6.20. The Hall–Kier alpha value is -4.36. The molecule has 1 N–H and O–H groups in total. The zero-order chi connectivity index (χ0) is 26.6. The summed E-state index contributed by atoms with van der Waals surface area (Å²) in [5.74, 6) is -1.15. The molecule has 36 heavy (non-hydrogen) atoms. The van der Waals surface area contributed by atoms with Gasteiger partial charge in [0.1, 0.15) is 17.4 Å². The molecule has 0 spiro atoms. The number of rotatable bonds is 6. The Balaban J connectivity index is 1.86. The number of benzene rings is 3. The lowest BCUT2D eigenvalue weighted by Crippen LogP contribution is -2.14. The average Bonchev–Trinajstić information content (AvgIpc) is 2.81. The third-order valence-electron chi connectivity index (χ3n) is 5.19. The topological polar surface area (TPSA) is 105 Å². The molecule has 0 aliphatic carbocycles. The predicted octanol–water partition coefficient (Wildman–Crippen LogP) is 7.22. The van der Waals surface area contributed by atoms with E-state index in [-0.39, 0.29) is 16.3 Å². The quantitative estimate of drug-likeness (QED) is 0.161. The van der Waals surface area contributed by atoms with Crippen LogP contribution < -0.4 is 10.1 Å². The van der Waals surface area contributed by atoms with Gasteiger partial charge in [0.15, 0.2) is 0 Å². The van der Waals surface area contributed by atoms with Crippen LogP contribution in [0.4, 0.5) is 24.5 Å². The van der Waals surface area contributed by atoms with E-state index in [2.05, 4.69) is 5.32 Å². The van der Waals surface area contributed by atoms with Gasteiger partial charge in [0.05, 0.1) is 15.5 Å². The maximum atomic E-state index is 12.9. The van der Waals surface area contributed by atoms with Crippen LogP contribution in [0.2, 0.25) is 5.02 Å². The second kappa shape index (κ2) is 10.5. The monoisotopic (exact) mass is 515 g/mol. The number of nitro groups is 1. The second-order valence-electron chi connectivity index (χ2n) is 7.60. The molecule has 7 nitrogen and oxygen atoms in total. The van der Waals surface area contributed by atoms with Gasteiger partial charge in [0, 0.05) is 11.8 Å². The van der Waals surface area contributed by atoms with Crippen molar-refractivity contribution in [3.05, 3.63) is 97.6 Å². The first kappa shape index (κ1) is 26.2. The number of nitrogens with one attached hydrogen (secondary N) is 1. The van der Waals surface area contributed by atoms with Crippen LogP contribution in [0.25, 0.3) is 6.08 Å². The van der Waals surface area contributed by atoms with E-state index in [0.717, 1.165) is 17.2 Å². The first-order chi connectivity index (χ1) is 16.9. The summed E-state index contributed by atoms with van der Waals surface area (Å²) in [6.07, 6.45) is -3.48. The van der Waals surface area contributed by atoms with Gasteiger partial charge in [-0.25, -0.2) is 0 Å². The third-order valence-corrected chi connectivity index (χ3v) is 5.48. The third kappa shape index (κ3) is 6.00. The number of carbonyl (C=O) groups excluding carboxylic acids is 1. The average molecular weight is 516 g/mol. The molecule has 184 valence electrons. The lowest BCUT2D eigenvalue weighted by molar-refractivity contribution is -0.385. The lowest BCUT2D eigenvalue weighted by Gasteiger charge is -2.11. The largest absolute Gasteiger partial charge is 0.449 e. The Labute approximate surface area is 208 Å². The summed E-state index contributed by atoms with van der Waals surface area (Å²) in [5.41, 5.74) is 0.425. The number of nitrogens with zero attached hydrogens (tertiary/aromatic N) is 2. The van der Waals surface area contributed by atoms with E-state index in [1.807, 2.05) is 26.0 Å². The molecule has 3 rings (SSSR count). The fourth-order valence-corrected chi connectivity index (χ4v) is 3.35. The Morgan fingerprint density at radius 1 is 1.14 bits per heavy atom. The van der Waals surface area contributed by atoms with Crippen molar-refractivity contribution in [2.45, 2.75) is 20.0 Å². The molecule has 0 atom stereocenters. The lowest BCUT2D eigenvalue weighted by atomic mass is 10.1. The molecule has 0 aliphatic rings. The summed E-state index contributed by atoms with van der Waals surface area (Å²) in [7, 11) is 0. The first-order valence-corrected chi connectivity index (χ1v) is 10.6. The van der Waals surface area contributed by atoms with Gasteiger partial charge in [-0.05, 0) is 66.9 Å². The number of nitro benzene ring substituents is 1. The van der Waals surface area contributed by atoms with Gasteiger partial charge in [-0.3, -0.25) is 14.9 Å². The van der Waals surface area contributed by atoms with Gasteiger partial charge in [-0.1, -0.05) is 29.8 Å². The van der Waals surface area contributed by atoms with Crippen LogP contribution in [0.15, 0.2) is 60.2 Å². The van der Waals surface area contributed by atoms with Crippen LogP contribution in [0.5, 0.6) is 11.5 Å². The van der Waals surface area contributed by atoms with Crippen molar-refractivity contribution < 1.29 is 27.6 Å². The van der Waals surface area contributed by atoms with Gasteiger partial charge in [-0.15, -0.1) is 0 Å². The van der Waals surface area contributed by atoms with E-state index in [4.69, 9.17) is 16.3 Å². The molecule has 0 fully saturated rings. The zero-order valence-electron chi connectivity index (χ0n) is 18.8. The summed E-state index contributed by atoms with van der Waals surface area (Å²) < 4.78 is 44.1. The van der Waals surface area contributed by atoms with Crippen LogP contribution in [0.3, 0.4) is 0 Å². The molecule has 3 aromatic rings. The summed E-state index contributed by atoms with van der Waals surface area (Å²) in [6, 6.07) is 13.1. The molecule has 1 amide bonds. The van der Waals surface area contributed by atoms with E-state index in [0.29, 0.717) is 23.4 Å².